The number of carbonyl (C=O) groups excluding carboxylic acids is 1. The zero-order valence-electron chi connectivity index (χ0n) is 9.75. The van der Waals surface area contributed by atoms with Gasteiger partial charge in [-0.3, -0.25) is 4.79 Å². The Kier molecular flexibility index (Phi) is 4.44. The van der Waals surface area contributed by atoms with Gasteiger partial charge in [-0.05, 0) is 46.9 Å². The first kappa shape index (κ1) is 15.0. The zero-order chi connectivity index (χ0) is 14.9. The van der Waals surface area contributed by atoms with Gasteiger partial charge < -0.3 is 10.4 Å². The monoisotopic (exact) mass is 409 g/mol. The maximum absolute atomic E-state index is 13.6. The molecule has 1 amide bonds. The van der Waals surface area contributed by atoms with E-state index in [1.165, 1.54) is 12.1 Å². The standard InChI is InChI=1S/C13H7ClF2INO2/c14-9-3-6(15)4-10(16)12(9)18-13(20)8-5-7(17)1-2-11(8)19/h1-5,19H,(H,18,20). The fourth-order valence-corrected chi connectivity index (χ4v) is 2.27. The third-order valence-corrected chi connectivity index (χ3v) is 3.42. The van der Waals surface area contributed by atoms with Crippen LogP contribution in [0.4, 0.5) is 14.5 Å². The fraction of sp³-hybridized carbons (Fsp3) is 0. The largest absolute Gasteiger partial charge is 0.507 e. The number of aromatic hydroxyl groups is 1. The van der Waals surface area contributed by atoms with Crippen LogP contribution in [0.1, 0.15) is 10.4 Å². The lowest BCUT2D eigenvalue weighted by molar-refractivity contribution is 0.102. The van der Waals surface area contributed by atoms with Gasteiger partial charge >= 0.3 is 0 Å². The molecule has 0 atom stereocenters. The molecule has 0 aliphatic heterocycles. The highest BCUT2D eigenvalue weighted by Crippen LogP contribution is 2.28. The number of amides is 1. The summed E-state index contributed by atoms with van der Waals surface area (Å²) in [5.74, 6) is -2.83. The van der Waals surface area contributed by atoms with E-state index in [9.17, 15) is 18.7 Å². The molecule has 0 bridgehead atoms. The maximum atomic E-state index is 13.6. The van der Waals surface area contributed by atoms with E-state index < -0.39 is 17.5 Å². The van der Waals surface area contributed by atoms with Crippen LogP contribution in [0, 0.1) is 15.2 Å². The normalized spacial score (nSPS) is 10.4. The highest BCUT2D eigenvalue weighted by Gasteiger charge is 2.17. The molecular formula is C13H7ClF2INO2. The van der Waals surface area contributed by atoms with Gasteiger partial charge in [0.15, 0.2) is 5.82 Å². The molecule has 7 heteroatoms. The lowest BCUT2D eigenvalue weighted by Crippen LogP contribution is -2.14. The third kappa shape index (κ3) is 3.18. The number of hydrogen-bond acceptors (Lipinski definition) is 2. The summed E-state index contributed by atoms with van der Waals surface area (Å²) in [6.45, 7) is 0. The highest BCUT2D eigenvalue weighted by atomic mass is 127. The Morgan fingerprint density at radius 1 is 1.25 bits per heavy atom. The predicted octanol–water partition coefficient (Wildman–Crippen LogP) is 4.18. The molecule has 104 valence electrons. The molecule has 2 N–H and O–H groups in total. The van der Waals surface area contributed by atoms with Crippen molar-refractivity contribution >= 4 is 45.8 Å². The second-order valence-electron chi connectivity index (χ2n) is 3.86. The quantitative estimate of drug-likeness (QED) is 0.731. The van der Waals surface area contributed by atoms with Crippen LogP contribution in [0.25, 0.3) is 0 Å². The summed E-state index contributed by atoms with van der Waals surface area (Å²) in [4.78, 5) is 12.0. The molecule has 2 aromatic rings. The predicted molar refractivity (Wildman–Crippen MR) is 80.1 cm³/mol. The smallest absolute Gasteiger partial charge is 0.259 e. The molecule has 0 saturated heterocycles. The van der Waals surface area contributed by atoms with Gasteiger partial charge in [-0.1, -0.05) is 11.6 Å². The van der Waals surface area contributed by atoms with E-state index in [1.54, 1.807) is 6.07 Å². The molecule has 0 aliphatic carbocycles. The van der Waals surface area contributed by atoms with Crippen LogP contribution >= 0.6 is 34.2 Å². The van der Waals surface area contributed by atoms with E-state index >= 15 is 0 Å². The van der Waals surface area contributed by atoms with Gasteiger partial charge in [0.1, 0.15) is 11.6 Å². The second-order valence-corrected chi connectivity index (χ2v) is 5.51. The molecular weight excluding hydrogens is 403 g/mol. The Hall–Kier alpha value is -1.41. The SMILES string of the molecule is O=C(Nc1c(F)cc(F)cc1Cl)c1cc(I)ccc1O. The Balaban J connectivity index is 2.35. The van der Waals surface area contributed by atoms with E-state index in [-0.39, 0.29) is 22.0 Å². The number of benzene rings is 2. The minimum absolute atomic E-state index is 0.0308. The average molecular weight is 410 g/mol. The molecule has 0 aromatic heterocycles. The Morgan fingerprint density at radius 3 is 2.60 bits per heavy atom. The molecule has 0 heterocycles. The number of phenols is 1. The number of carbonyl (C=O) groups is 1. The van der Waals surface area contributed by atoms with Crippen LogP contribution in [0.2, 0.25) is 5.02 Å². The number of rotatable bonds is 2. The number of nitrogens with one attached hydrogen (secondary N) is 1. The van der Waals surface area contributed by atoms with Crippen LogP contribution in [-0.2, 0) is 0 Å². The van der Waals surface area contributed by atoms with Crippen molar-refractivity contribution in [3.8, 4) is 5.75 Å². The van der Waals surface area contributed by atoms with Gasteiger partial charge in [-0.2, -0.15) is 0 Å². The van der Waals surface area contributed by atoms with Crippen molar-refractivity contribution in [2.75, 3.05) is 5.32 Å². The van der Waals surface area contributed by atoms with Gasteiger partial charge in [0.05, 0.1) is 16.3 Å². The van der Waals surface area contributed by atoms with Gasteiger partial charge in [0.25, 0.3) is 5.91 Å². The van der Waals surface area contributed by atoms with Crippen LogP contribution in [0.15, 0.2) is 30.3 Å². The number of halogens is 4. The van der Waals surface area contributed by atoms with Crippen molar-refractivity contribution in [2.45, 2.75) is 0 Å². The summed E-state index contributed by atoms with van der Waals surface area (Å²) in [5, 5.41) is 11.6. The minimum atomic E-state index is -0.992. The van der Waals surface area contributed by atoms with Crippen LogP contribution in [0.3, 0.4) is 0 Å². The molecule has 2 aromatic carbocycles. The van der Waals surface area contributed by atoms with Crippen LogP contribution in [0.5, 0.6) is 5.75 Å². The first-order chi connectivity index (χ1) is 9.38. The summed E-state index contributed by atoms with van der Waals surface area (Å²) in [6, 6.07) is 5.88. The van der Waals surface area contributed by atoms with E-state index in [4.69, 9.17) is 11.6 Å². The number of hydrogen-bond donors (Lipinski definition) is 2. The maximum Gasteiger partial charge on any atom is 0.259 e. The van der Waals surface area contributed by atoms with Crippen molar-refractivity contribution in [3.05, 3.63) is 56.1 Å². The summed E-state index contributed by atoms with van der Waals surface area (Å²) >= 11 is 7.64. The second kappa shape index (κ2) is 5.92. The highest BCUT2D eigenvalue weighted by molar-refractivity contribution is 14.1. The van der Waals surface area contributed by atoms with Crippen molar-refractivity contribution in [1.29, 1.82) is 0 Å². The summed E-state index contributed by atoms with van der Waals surface area (Å²) in [5.41, 5.74) is -0.368. The number of phenolic OH excluding ortho intramolecular Hbond substituents is 1. The zero-order valence-corrected chi connectivity index (χ0v) is 12.7. The van der Waals surface area contributed by atoms with E-state index in [0.29, 0.717) is 6.07 Å². The first-order valence-electron chi connectivity index (χ1n) is 5.33. The van der Waals surface area contributed by atoms with E-state index in [1.807, 2.05) is 22.6 Å². The van der Waals surface area contributed by atoms with Gasteiger partial charge in [0, 0.05) is 9.64 Å². The summed E-state index contributed by atoms with van der Waals surface area (Å²) in [7, 11) is 0. The molecule has 0 fully saturated rings. The van der Waals surface area contributed by atoms with Gasteiger partial charge in [0.2, 0.25) is 0 Å². The molecule has 0 saturated carbocycles. The molecule has 0 radical (unpaired) electrons. The molecule has 0 aliphatic rings. The molecule has 2 rings (SSSR count). The summed E-state index contributed by atoms with van der Waals surface area (Å²) < 4.78 is 27.2. The summed E-state index contributed by atoms with van der Waals surface area (Å²) in [6.07, 6.45) is 0. The molecule has 0 spiro atoms. The fourth-order valence-electron chi connectivity index (χ4n) is 1.53. The molecule has 3 nitrogen and oxygen atoms in total. The lowest BCUT2D eigenvalue weighted by Gasteiger charge is -2.10. The Labute approximate surface area is 131 Å². The van der Waals surface area contributed by atoms with Crippen molar-refractivity contribution < 1.29 is 18.7 Å². The van der Waals surface area contributed by atoms with E-state index in [2.05, 4.69) is 5.32 Å². The molecule has 0 unspecified atom stereocenters. The third-order valence-electron chi connectivity index (χ3n) is 2.45. The number of anilines is 1. The minimum Gasteiger partial charge on any atom is -0.507 e. The van der Waals surface area contributed by atoms with Crippen molar-refractivity contribution in [3.63, 3.8) is 0 Å². The average Bonchev–Trinajstić information content (AvgIpc) is 2.36. The van der Waals surface area contributed by atoms with Gasteiger partial charge in [-0.25, -0.2) is 8.78 Å². The van der Waals surface area contributed by atoms with Crippen LogP contribution < -0.4 is 5.32 Å². The van der Waals surface area contributed by atoms with Crippen molar-refractivity contribution in [2.24, 2.45) is 0 Å². The Bertz CT molecular complexity index is 671. The van der Waals surface area contributed by atoms with E-state index in [0.717, 1.165) is 9.64 Å². The molecule has 20 heavy (non-hydrogen) atoms. The topological polar surface area (TPSA) is 49.3 Å². The Morgan fingerprint density at radius 2 is 1.95 bits per heavy atom. The van der Waals surface area contributed by atoms with Gasteiger partial charge in [-0.15, -0.1) is 0 Å². The van der Waals surface area contributed by atoms with Crippen molar-refractivity contribution in [1.82, 2.24) is 0 Å². The van der Waals surface area contributed by atoms with Crippen LogP contribution in [-0.4, -0.2) is 11.0 Å². The lowest BCUT2D eigenvalue weighted by atomic mass is 10.2. The first-order valence-corrected chi connectivity index (χ1v) is 6.78.